The summed E-state index contributed by atoms with van der Waals surface area (Å²) in [5, 5.41) is 3.62. The zero-order chi connectivity index (χ0) is 20.4. The molecule has 1 amide bonds. The maximum atomic E-state index is 12.7. The van der Waals surface area contributed by atoms with E-state index in [0.29, 0.717) is 21.5 Å². The van der Waals surface area contributed by atoms with Gasteiger partial charge in [-0.25, -0.2) is 9.97 Å². The molecular formula is C19H12F3N5OS. The van der Waals surface area contributed by atoms with Crippen LogP contribution in [-0.2, 0) is 6.18 Å². The molecular weight excluding hydrogens is 403 g/mol. The number of anilines is 1. The first-order chi connectivity index (χ1) is 13.9. The quantitative estimate of drug-likeness (QED) is 0.526. The summed E-state index contributed by atoms with van der Waals surface area (Å²) in [7, 11) is 0. The minimum atomic E-state index is -4.46. The van der Waals surface area contributed by atoms with Crippen LogP contribution in [0.15, 0.2) is 67.4 Å². The van der Waals surface area contributed by atoms with Crippen molar-refractivity contribution in [2.75, 3.05) is 5.32 Å². The molecule has 6 nitrogen and oxygen atoms in total. The Bertz CT molecular complexity index is 1120. The zero-order valence-electron chi connectivity index (χ0n) is 14.6. The lowest BCUT2D eigenvalue weighted by Gasteiger charge is -2.07. The van der Waals surface area contributed by atoms with Crippen molar-refractivity contribution in [2.45, 2.75) is 6.18 Å². The molecule has 3 heterocycles. The number of carbonyl (C=O) groups excluding carboxylic acids is 1. The second-order valence-corrected chi connectivity index (χ2v) is 6.86. The Kier molecular flexibility index (Phi) is 4.85. The van der Waals surface area contributed by atoms with Crippen molar-refractivity contribution in [3.63, 3.8) is 0 Å². The van der Waals surface area contributed by atoms with Gasteiger partial charge in [-0.3, -0.25) is 19.7 Å². The van der Waals surface area contributed by atoms with Crippen LogP contribution in [0.2, 0.25) is 0 Å². The highest BCUT2D eigenvalue weighted by Crippen LogP contribution is 2.33. The molecule has 0 aliphatic carbocycles. The van der Waals surface area contributed by atoms with Crippen molar-refractivity contribution in [1.82, 2.24) is 19.5 Å². The van der Waals surface area contributed by atoms with E-state index >= 15 is 0 Å². The Morgan fingerprint density at radius 2 is 1.86 bits per heavy atom. The van der Waals surface area contributed by atoms with Crippen molar-refractivity contribution in [1.29, 1.82) is 0 Å². The summed E-state index contributed by atoms with van der Waals surface area (Å²) >= 11 is 1.20. The van der Waals surface area contributed by atoms with E-state index in [9.17, 15) is 18.0 Å². The summed E-state index contributed by atoms with van der Waals surface area (Å²) in [6, 6.07) is 9.38. The second-order valence-electron chi connectivity index (χ2n) is 5.89. The van der Waals surface area contributed by atoms with Crippen molar-refractivity contribution in [2.24, 2.45) is 0 Å². The van der Waals surface area contributed by atoms with Gasteiger partial charge in [0.1, 0.15) is 10.7 Å². The number of carbonyl (C=O) groups is 1. The van der Waals surface area contributed by atoms with Crippen molar-refractivity contribution < 1.29 is 18.0 Å². The van der Waals surface area contributed by atoms with Gasteiger partial charge in [-0.2, -0.15) is 13.2 Å². The van der Waals surface area contributed by atoms with Gasteiger partial charge >= 0.3 is 6.18 Å². The Morgan fingerprint density at radius 3 is 2.48 bits per heavy atom. The smallest absolute Gasteiger partial charge is 0.298 e. The highest BCUT2D eigenvalue weighted by atomic mass is 32.1. The average Bonchev–Trinajstić information content (AvgIpc) is 3.38. The molecule has 146 valence electrons. The van der Waals surface area contributed by atoms with E-state index in [1.807, 2.05) is 6.07 Å². The normalized spacial score (nSPS) is 11.4. The van der Waals surface area contributed by atoms with Crippen LogP contribution in [0.3, 0.4) is 0 Å². The summed E-state index contributed by atoms with van der Waals surface area (Å²) in [5.74, 6) is -0.558. The van der Waals surface area contributed by atoms with Crippen LogP contribution in [0, 0.1) is 0 Å². The number of halogens is 3. The van der Waals surface area contributed by atoms with Crippen LogP contribution in [0.4, 0.5) is 18.3 Å². The summed E-state index contributed by atoms with van der Waals surface area (Å²) in [4.78, 5) is 25.2. The third kappa shape index (κ3) is 4.02. The first-order valence-corrected chi connectivity index (χ1v) is 9.12. The molecule has 1 N–H and O–H groups in total. The average molecular weight is 415 g/mol. The van der Waals surface area contributed by atoms with E-state index in [1.165, 1.54) is 11.3 Å². The Labute approximate surface area is 166 Å². The van der Waals surface area contributed by atoms with Gasteiger partial charge in [0.2, 0.25) is 0 Å². The van der Waals surface area contributed by atoms with Crippen LogP contribution < -0.4 is 5.32 Å². The van der Waals surface area contributed by atoms with Crippen LogP contribution in [0.25, 0.3) is 16.4 Å². The molecule has 3 aromatic heterocycles. The summed E-state index contributed by atoms with van der Waals surface area (Å²) in [5.41, 5.74) is 0.443. The van der Waals surface area contributed by atoms with Gasteiger partial charge in [-0.05, 0) is 36.4 Å². The highest BCUT2D eigenvalue weighted by Gasteiger charge is 2.30. The van der Waals surface area contributed by atoms with Gasteiger partial charge in [0.25, 0.3) is 5.91 Å². The first-order valence-electron chi connectivity index (χ1n) is 8.31. The molecule has 0 aliphatic heterocycles. The molecule has 0 radical (unpaired) electrons. The SMILES string of the molecule is O=C(Nc1nc(-c2ccccn2)c(-n2ccnc2)s1)c1ccc(C(F)(F)F)cc1. The predicted molar refractivity (Wildman–Crippen MR) is 102 cm³/mol. The van der Waals surface area contributed by atoms with Gasteiger partial charge < -0.3 is 0 Å². The van der Waals surface area contributed by atoms with E-state index in [4.69, 9.17) is 0 Å². The molecule has 0 unspecified atom stereocenters. The molecule has 0 atom stereocenters. The van der Waals surface area contributed by atoms with E-state index in [-0.39, 0.29) is 5.56 Å². The highest BCUT2D eigenvalue weighted by molar-refractivity contribution is 7.18. The predicted octanol–water partition coefficient (Wildman–Crippen LogP) is 4.66. The number of aromatic nitrogens is 4. The number of thiazole rings is 1. The fraction of sp³-hybridized carbons (Fsp3) is 0.0526. The minimum Gasteiger partial charge on any atom is -0.298 e. The van der Waals surface area contributed by atoms with Gasteiger partial charge in [0.05, 0.1) is 17.6 Å². The summed E-state index contributed by atoms with van der Waals surface area (Å²) in [6.07, 6.45) is 2.12. The first kappa shape index (κ1) is 18.8. The number of pyridine rings is 1. The lowest BCUT2D eigenvalue weighted by atomic mass is 10.1. The third-order valence-corrected chi connectivity index (χ3v) is 4.93. The Morgan fingerprint density at radius 1 is 1.07 bits per heavy atom. The lowest BCUT2D eigenvalue weighted by molar-refractivity contribution is -0.137. The number of amides is 1. The van der Waals surface area contributed by atoms with E-state index in [0.717, 1.165) is 24.3 Å². The van der Waals surface area contributed by atoms with Crippen LogP contribution in [-0.4, -0.2) is 25.4 Å². The maximum Gasteiger partial charge on any atom is 0.416 e. The Hall–Kier alpha value is -3.53. The molecule has 0 bridgehead atoms. The largest absolute Gasteiger partial charge is 0.416 e. The fourth-order valence-electron chi connectivity index (χ4n) is 2.57. The number of imidazole rings is 1. The number of benzene rings is 1. The zero-order valence-corrected chi connectivity index (χ0v) is 15.4. The van der Waals surface area contributed by atoms with Crippen molar-refractivity contribution in [3.05, 3.63) is 78.5 Å². The van der Waals surface area contributed by atoms with Crippen LogP contribution in [0.1, 0.15) is 15.9 Å². The molecule has 0 spiro atoms. The molecule has 4 aromatic rings. The number of hydrogen-bond acceptors (Lipinski definition) is 5. The molecule has 0 fully saturated rings. The van der Waals surface area contributed by atoms with Gasteiger partial charge in [-0.15, -0.1) is 0 Å². The maximum absolute atomic E-state index is 12.7. The number of alkyl halides is 3. The van der Waals surface area contributed by atoms with Gasteiger partial charge in [0, 0.05) is 24.2 Å². The van der Waals surface area contributed by atoms with Crippen LogP contribution >= 0.6 is 11.3 Å². The van der Waals surface area contributed by atoms with Gasteiger partial charge in [-0.1, -0.05) is 17.4 Å². The minimum absolute atomic E-state index is 0.0942. The third-order valence-electron chi connectivity index (χ3n) is 3.95. The molecule has 29 heavy (non-hydrogen) atoms. The van der Waals surface area contributed by atoms with E-state index < -0.39 is 17.6 Å². The summed E-state index contributed by atoms with van der Waals surface area (Å²) in [6.45, 7) is 0. The van der Waals surface area contributed by atoms with E-state index in [1.54, 1.807) is 41.6 Å². The second kappa shape index (κ2) is 7.47. The molecule has 1 aromatic carbocycles. The topological polar surface area (TPSA) is 72.7 Å². The monoisotopic (exact) mass is 415 g/mol. The molecule has 0 saturated heterocycles. The van der Waals surface area contributed by atoms with Crippen molar-refractivity contribution >= 4 is 22.4 Å². The standard InChI is InChI=1S/C19H12F3N5OS/c20-19(21,22)13-6-4-12(5-7-13)16(28)26-18-25-15(14-3-1-2-8-24-14)17(29-18)27-10-9-23-11-27/h1-11H,(H,25,26,28). The molecule has 0 saturated carbocycles. The molecule has 10 heteroatoms. The number of nitrogens with zero attached hydrogens (tertiary/aromatic N) is 4. The number of nitrogens with one attached hydrogen (secondary N) is 1. The number of rotatable bonds is 4. The molecule has 0 aliphatic rings. The van der Waals surface area contributed by atoms with Gasteiger partial charge in [0.15, 0.2) is 5.13 Å². The summed E-state index contributed by atoms with van der Waals surface area (Å²) < 4.78 is 39.8. The molecule has 4 rings (SSSR count). The number of hydrogen-bond donors (Lipinski definition) is 1. The fourth-order valence-corrected chi connectivity index (χ4v) is 3.49. The van der Waals surface area contributed by atoms with Crippen molar-refractivity contribution in [3.8, 4) is 16.4 Å². The lowest BCUT2D eigenvalue weighted by Crippen LogP contribution is -2.12. The van der Waals surface area contributed by atoms with Crippen LogP contribution in [0.5, 0.6) is 0 Å². The Balaban J connectivity index is 1.63. The van der Waals surface area contributed by atoms with E-state index in [2.05, 4.69) is 20.3 Å².